The summed E-state index contributed by atoms with van der Waals surface area (Å²) in [4.78, 5) is 4.69. The van der Waals surface area contributed by atoms with E-state index in [1.807, 2.05) is 0 Å². The minimum Gasteiger partial charge on any atom is -0.456 e. The van der Waals surface area contributed by atoms with E-state index < -0.39 is 0 Å². The molecule has 10 aromatic rings. The summed E-state index contributed by atoms with van der Waals surface area (Å²) in [7, 11) is 0. The molecule has 11 rings (SSSR count). The predicted octanol–water partition coefficient (Wildman–Crippen LogP) is 16.2. The van der Waals surface area contributed by atoms with E-state index in [2.05, 4.69) is 242 Å². The van der Waals surface area contributed by atoms with Crippen molar-refractivity contribution in [3.05, 3.63) is 230 Å². The zero-order valence-electron chi connectivity index (χ0n) is 33.6. The van der Waals surface area contributed by atoms with Gasteiger partial charge in [-0.15, -0.1) is 0 Å². The number of hydrogen-bond acceptors (Lipinski definition) is 3. The van der Waals surface area contributed by atoms with Gasteiger partial charge in [0.15, 0.2) is 0 Å². The molecule has 0 fully saturated rings. The first-order chi connectivity index (χ1) is 29.5. The smallest absolute Gasteiger partial charge is 0.140 e. The van der Waals surface area contributed by atoms with Crippen LogP contribution in [0.5, 0.6) is 0 Å². The Labute approximate surface area is 351 Å². The Morgan fingerprint density at radius 3 is 1.30 bits per heavy atom. The molecule has 3 heteroatoms. The van der Waals surface area contributed by atoms with Gasteiger partial charge in [0, 0.05) is 55.9 Å². The molecule has 0 saturated heterocycles. The van der Waals surface area contributed by atoms with Crippen LogP contribution in [-0.2, 0) is 5.41 Å². The predicted molar refractivity (Wildman–Crippen MR) is 252 cm³/mol. The Morgan fingerprint density at radius 1 is 0.350 bits per heavy atom. The van der Waals surface area contributed by atoms with Crippen molar-refractivity contribution in [1.82, 2.24) is 0 Å². The minimum atomic E-state index is -0.313. The van der Waals surface area contributed by atoms with Crippen LogP contribution in [-0.4, -0.2) is 0 Å². The van der Waals surface area contributed by atoms with Crippen LogP contribution in [0.1, 0.15) is 25.0 Å². The molecule has 0 unspecified atom stereocenters. The van der Waals surface area contributed by atoms with Crippen molar-refractivity contribution in [1.29, 1.82) is 0 Å². The summed E-state index contributed by atoms with van der Waals surface area (Å²) in [6.45, 7) is 4.69. The number of fused-ring (bicyclic) bond motifs is 7. The summed E-state index contributed by atoms with van der Waals surface area (Å²) in [5.74, 6) is 0. The third-order valence-corrected chi connectivity index (χ3v) is 12.2. The SMILES string of the molecule is CC1(C)c2cc(N(c3ccccc3)c3ccc(-c4ccccc4)cc3)ccc2-c2ccc3c(oc4ccc(N(c5ccccc5)c5ccc(-c6ccccc6)cc5)cc43)c21. The van der Waals surface area contributed by atoms with Crippen LogP contribution in [0.15, 0.2) is 223 Å². The molecule has 1 aromatic heterocycles. The van der Waals surface area contributed by atoms with Gasteiger partial charge in [-0.25, -0.2) is 0 Å². The van der Waals surface area contributed by atoms with E-state index in [4.69, 9.17) is 4.42 Å². The molecule has 0 atom stereocenters. The Balaban J connectivity index is 0.988. The molecule has 0 bridgehead atoms. The normalized spacial score (nSPS) is 12.6. The first kappa shape index (κ1) is 35.5. The maximum Gasteiger partial charge on any atom is 0.140 e. The second kappa shape index (κ2) is 14.3. The first-order valence-electron chi connectivity index (χ1n) is 20.7. The van der Waals surface area contributed by atoms with Crippen LogP contribution in [0, 0.1) is 0 Å². The quantitative estimate of drug-likeness (QED) is 0.153. The Hall–Kier alpha value is -7.62. The number of furan rings is 1. The highest BCUT2D eigenvalue weighted by Crippen LogP contribution is 2.54. The zero-order valence-corrected chi connectivity index (χ0v) is 33.6. The van der Waals surface area contributed by atoms with E-state index in [1.54, 1.807) is 0 Å². The number of hydrogen-bond donors (Lipinski definition) is 0. The molecule has 286 valence electrons. The average Bonchev–Trinajstić information content (AvgIpc) is 3.79. The van der Waals surface area contributed by atoms with E-state index in [-0.39, 0.29) is 5.41 Å². The molecular formula is C57H42N2O. The summed E-state index contributed by atoms with van der Waals surface area (Å²) in [6, 6.07) is 78.3. The molecule has 0 aliphatic heterocycles. The number of rotatable bonds is 8. The highest BCUT2D eigenvalue weighted by molar-refractivity contribution is 6.10. The molecule has 9 aromatic carbocycles. The molecule has 0 radical (unpaired) electrons. The van der Waals surface area contributed by atoms with Crippen molar-refractivity contribution < 1.29 is 4.42 Å². The van der Waals surface area contributed by atoms with E-state index in [0.717, 1.165) is 56.1 Å². The van der Waals surface area contributed by atoms with Crippen molar-refractivity contribution in [3.8, 4) is 33.4 Å². The molecule has 0 saturated carbocycles. The lowest BCUT2D eigenvalue weighted by molar-refractivity contribution is 0.620. The van der Waals surface area contributed by atoms with Crippen LogP contribution in [0.2, 0.25) is 0 Å². The molecule has 0 amide bonds. The van der Waals surface area contributed by atoms with Gasteiger partial charge in [0.2, 0.25) is 0 Å². The second-order valence-corrected chi connectivity index (χ2v) is 16.2. The largest absolute Gasteiger partial charge is 0.456 e. The van der Waals surface area contributed by atoms with Crippen molar-refractivity contribution in [3.63, 3.8) is 0 Å². The number of anilines is 6. The van der Waals surface area contributed by atoms with Crippen LogP contribution >= 0.6 is 0 Å². The van der Waals surface area contributed by atoms with Crippen LogP contribution in [0.3, 0.4) is 0 Å². The van der Waals surface area contributed by atoms with Gasteiger partial charge in [-0.2, -0.15) is 0 Å². The zero-order chi connectivity index (χ0) is 40.2. The summed E-state index contributed by atoms with van der Waals surface area (Å²) in [5.41, 5.74) is 18.0. The van der Waals surface area contributed by atoms with Gasteiger partial charge in [0.05, 0.1) is 0 Å². The summed E-state index contributed by atoms with van der Waals surface area (Å²) >= 11 is 0. The maximum absolute atomic E-state index is 6.91. The third-order valence-electron chi connectivity index (χ3n) is 12.2. The van der Waals surface area contributed by atoms with E-state index >= 15 is 0 Å². The Morgan fingerprint density at radius 2 is 0.767 bits per heavy atom. The van der Waals surface area contributed by atoms with E-state index in [1.165, 1.54) is 44.5 Å². The van der Waals surface area contributed by atoms with Gasteiger partial charge in [0.25, 0.3) is 0 Å². The Bertz CT molecular complexity index is 3140. The summed E-state index contributed by atoms with van der Waals surface area (Å²) in [5, 5.41) is 2.23. The van der Waals surface area contributed by atoms with Crippen molar-refractivity contribution in [2.24, 2.45) is 0 Å². The van der Waals surface area contributed by atoms with Crippen LogP contribution in [0.25, 0.3) is 55.3 Å². The number of para-hydroxylation sites is 2. The second-order valence-electron chi connectivity index (χ2n) is 16.2. The molecule has 1 aliphatic carbocycles. The molecule has 60 heavy (non-hydrogen) atoms. The molecule has 3 nitrogen and oxygen atoms in total. The van der Waals surface area contributed by atoms with Gasteiger partial charge in [0.1, 0.15) is 11.2 Å². The molecule has 1 aliphatic rings. The lowest BCUT2D eigenvalue weighted by Crippen LogP contribution is -2.17. The molecular weight excluding hydrogens is 729 g/mol. The Kier molecular flexibility index (Phi) is 8.49. The molecule has 0 N–H and O–H groups in total. The lowest BCUT2D eigenvalue weighted by atomic mass is 9.81. The lowest BCUT2D eigenvalue weighted by Gasteiger charge is -2.28. The van der Waals surface area contributed by atoms with Crippen molar-refractivity contribution >= 4 is 56.1 Å². The molecule has 0 spiro atoms. The number of benzene rings is 9. The highest BCUT2D eigenvalue weighted by atomic mass is 16.3. The van der Waals surface area contributed by atoms with Crippen molar-refractivity contribution in [2.75, 3.05) is 9.80 Å². The molecule has 1 heterocycles. The fraction of sp³-hybridized carbons (Fsp3) is 0.0526. The standard InChI is InChI=1S/C57H42N2O/c1-57(2)53-38-48(59(44-21-13-6-14-22-44)46-29-25-42(26-30-46)40-17-9-4-10-18-40)31-33-49(53)50-34-35-51-52-37-47(32-36-54(52)60-56(51)55(50)57)58(43-19-11-5-12-20-43)45-27-23-41(24-28-45)39-15-7-3-8-16-39/h3-38H,1-2H3. The van der Waals surface area contributed by atoms with Gasteiger partial charge >= 0.3 is 0 Å². The first-order valence-corrected chi connectivity index (χ1v) is 20.7. The van der Waals surface area contributed by atoms with Gasteiger partial charge in [-0.05, 0) is 124 Å². The highest BCUT2D eigenvalue weighted by Gasteiger charge is 2.39. The van der Waals surface area contributed by atoms with Gasteiger partial charge in [-0.3, -0.25) is 0 Å². The van der Waals surface area contributed by atoms with Gasteiger partial charge in [-0.1, -0.05) is 147 Å². The fourth-order valence-electron chi connectivity index (χ4n) is 9.29. The maximum atomic E-state index is 6.91. The minimum absolute atomic E-state index is 0.313. The summed E-state index contributed by atoms with van der Waals surface area (Å²) in [6.07, 6.45) is 0. The summed E-state index contributed by atoms with van der Waals surface area (Å²) < 4.78 is 6.91. The third kappa shape index (κ3) is 5.98. The number of nitrogens with zero attached hydrogens (tertiary/aromatic N) is 2. The van der Waals surface area contributed by atoms with Crippen LogP contribution in [0.4, 0.5) is 34.1 Å². The van der Waals surface area contributed by atoms with Crippen LogP contribution < -0.4 is 9.80 Å². The van der Waals surface area contributed by atoms with E-state index in [9.17, 15) is 0 Å². The van der Waals surface area contributed by atoms with E-state index in [0.29, 0.717) is 0 Å². The monoisotopic (exact) mass is 770 g/mol. The fourth-order valence-corrected chi connectivity index (χ4v) is 9.29. The van der Waals surface area contributed by atoms with Gasteiger partial charge < -0.3 is 14.2 Å². The average molecular weight is 771 g/mol. The van der Waals surface area contributed by atoms with Crippen molar-refractivity contribution in [2.45, 2.75) is 19.3 Å². The topological polar surface area (TPSA) is 19.6 Å².